The van der Waals surface area contributed by atoms with Crippen LogP contribution in [0.15, 0.2) is 48.7 Å². The van der Waals surface area contributed by atoms with E-state index in [4.69, 9.17) is 4.74 Å². The number of carbonyl (C=O) groups is 1. The predicted molar refractivity (Wildman–Crippen MR) is 108 cm³/mol. The highest BCUT2D eigenvalue weighted by Gasteiger charge is 2.24. The normalized spacial score (nSPS) is 15.3. The van der Waals surface area contributed by atoms with E-state index in [2.05, 4.69) is 41.1 Å². The van der Waals surface area contributed by atoms with Gasteiger partial charge >= 0.3 is 0 Å². The molecule has 2 heterocycles. The van der Waals surface area contributed by atoms with Crippen LogP contribution in [0.2, 0.25) is 0 Å². The van der Waals surface area contributed by atoms with Crippen LogP contribution in [0.3, 0.4) is 0 Å². The minimum absolute atomic E-state index is 0.222. The zero-order chi connectivity index (χ0) is 18.8. The third-order valence-corrected chi connectivity index (χ3v) is 5.46. The van der Waals surface area contributed by atoms with Crippen LogP contribution in [0.4, 0.5) is 5.69 Å². The minimum Gasteiger partial charge on any atom is -0.497 e. The molecule has 140 valence electrons. The largest absolute Gasteiger partial charge is 0.497 e. The van der Waals surface area contributed by atoms with E-state index in [9.17, 15) is 4.79 Å². The van der Waals surface area contributed by atoms with E-state index in [1.54, 1.807) is 7.11 Å². The standard InChI is InChI=1S/C22H25N3O2/c1-16-3-8-21-19(13-16)20(14-23-21)22(26)15-24-9-11-25(12-10-24)17-4-6-18(27-2)7-5-17/h3-8,13-14,23H,9-12,15H2,1-2H3/p+1. The highest BCUT2D eigenvalue weighted by molar-refractivity contribution is 6.08. The molecule has 1 aromatic heterocycles. The number of hydrogen-bond acceptors (Lipinski definition) is 3. The van der Waals surface area contributed by atoms with Gasteiger partial charge in [-0.05, 0) is 43.3 Å². The number of aromatic nitrogens is 1. The predicted octanol–water partition coefficient (Wildman–Crippen LogP) is 2.07. The Bertz CT molecular complexity index is 938. The smallest absolute Gasteiger partial charge is 0.219 e. The summed E-state index contributed by atoms with van der Waals surface area (Å²) in [5, 5.41) is 1.04. The van der Waals surface area contributed by atoms with Gasteiger partial charge in [-0.15, -0.1) is 0 Å². The minimum atomic E-state index is 0.222. The Kier molecular flexibility index (Phi) is 4.86. The van der Waals surface area contributed by atoms with E-state index in [0.717, 1.165) is 48.4 Å². The number of rotatable bonds is 5. The number of piperazine rings is 1. The van der Waals surface area contributed by atoms with Crippen LogP contribution in [-0.4, -0.2) is 50.6 Å². The van der Waals surface area contributed by atoms with Gasteiger partial charge in [0.1, 0.15) is 12.3 Å². The molecule has 3 aromatic rings. The van der Waals surface area contributed by atoms with Crippen molar-refractivity contribution in [2.45, 2.75) is 6.92 Å². The molecule has 1 aliphatic heterocycles. The fraction of sp³-hybridized carbons (Fsp3) is 0.318. The van der Waals surface area contributed by atoms with Crippen molar-refractivity contribution in [2.24, 2.45) is 0 Å². The number of benzene rings is 2. The quantitative estimate of drug-likeness (QED) is 0.682. The highest BCUT2D eigenvalue weighted by Crippen LogP contribution is 2.20. The Morgan fingerprint density at radius 3 is 2.59 bits per heavy atom. The molecule has 0 radical (unpaired) electrons. The number of aromatic amines is 1. The van der Waals surface area contributed by atoms with E-state index in [1.165, 1.54) is 16.2 Å². The van der Waals surface area contributed by atoms with E-state index >= 15 is 0 Å². The number of H-pyrrole nitrogens is 1. The number of anilines is 1. The van der Waals surface area contributed by atoms with Crippen molar-refractivity contribution >= 4 is 22.4 Å². The molecule has 0 spiro atoms. The maximum absolute atomic E-state index is 12.9. The van der Waals surface area contributed by atoms with Crippen molar-refractivity contribution in [2.75, 3.05) is 44.7 Å². The number of methoxy groups -OCH3 is 1. The van der Waals surface area contributed by atoms with Crippen LogP contribution >= 0.6 is 0 Å². The molecule has 0 bridgehead atoms. The number of quaternary nitrogens is 1. The van der Waals surface area contributed by atoms with Gasteiger partial charge in [-0.1, -0.05) is 11.6 Å². The van der Waals surface area contributed by atoms with Gasteiger partial charge in [-0.3, -0.25) is 4.79 Å². The van der Waals surface area contributed by atoms with E-state index in [1.807, 2.05) is 24.4 Å². The molecule has 0 unspecified atom stereocenters. The van der Waals surface area contributed by atoms with Gasteiger partial charge in [0.05, 0.1) is 33.3 Å². The summed E-state index contributed by atoms with van der Waals surface area (Å²) in [5.41, 5.74) is 4.24. The summed E-state index contributed by atoms with van der Waals surface area (Å²) in [6.45, 7) is 6.48. The number of carbonyl (C=O) groups excluding carboxylic acids is 1. The molecule has 1 fully saturated rings. The zero-order valence-corrected chi connectivity index (χ0v) is 15.9. The number of hydrogen-bond donors (Lipinski definition) is 2. The molecular weight excluding hydrogens is 338 g/mol. The maximum Gasteiger partial charge on any atom is 0.219 e. The lowest BCUT2D eigenvalue weighted by atomic mass is 10.1. The zero-order valence-electron chi connectivity index (χ0n) is 15.9. The van der Waals surface area contributed by atoms with Crippen LogP contribution in [0, 0.1) is 6.92 Å². The van der Waals surface area contributed by atoms with Crippen molar-refractivity contribution in [1.82, 2.24) is 4.98 Å². The summed E-state index contributed by atoms with van der Waals surface area (Å²) < 4.78 is 5.23. The highest BCUT2D eigenvalue weighted by atomic mass is 16.5. The summed E-state index contributed by atoms with van der Waals surface area (Å²) in [6, 6.07) is 14.4. The van der Waals surface area contributed by atoms with Gasteiger partial charge < -0.3 is 19.5 Å². The van der Waals surface area contributed by atoms with Crippen molar-refractivity contribution in [3.8, 4) is 5.75 Å². The molecule has 27 heavy (non-hydrogen) atoms. The van der Waals surface area contributed by atoms with Crippen molar-refractivity contribution in [3.05, 3.63) is 59.8 Å². The molecule has 0 atom stereocenters. The third kappa shape index (κ3) is 3.69. The van der Waals surface area contributed by atoms with Crippen LogP contribution in [0.25, 0.3) is 10.9 Å². The lowest BCUT2D eigenvalue weighted by Gasteiger charge is -2.33. The monoisotopic (exact) mass is 364 g/mol. The first-order valence-electron chi connectivity index (χ1n) is 9.47. The van der Waals surface area contributed by atoms with Gasteiger partial charge in [0.25, 0.3) is 0 Å². The average Bonchev–Trinajstić information content (AvgIpc) is 3.12. The number of fused-ring (bicyclic) bond motifs is 1. The maximum atomic E-state index is 12.9. The summed E-state index contributed by atoms with van der Waals surface area (Å²) in [5.74, 6) is 1.10. The number of Topliss-reactive ketones (excluding diaryl/α,β-unsaturated/α-hetero) is 1. The molecule has 5 heteroatoms. The molecule has 0 amide bonds. The van der Waals surface area contributed by atoms with Gasteiger partial charge in [0.2, 0.25) is 5.78 Å². The Morgan fingerprint density at radius 1 is 1.15 bits per heavy atom. The van der Waals surface area contributed by atoms with Crippen molar-refractivity contribution in [1.29, 1.82) is 0 Å². The van der Waals surface area contributed by atoms with Gasteiger partial charge in [0, 0.05) is 28.4 Å². The lowest BCUT2D eigenvalue weighted by Crippen LogP contribution is -3.15. The fourth-order valence-electron chi connectivity index (χ4n) is 3.84. The first kappa shape index (κ1) is 17.6. The van der Waals surface area contributed by atoms with E-state index in [0.29, 0.717) is 6.54 Å². The van der Waals surface area contributed by atoms with Crippen LogP contribution in [-0.2, 0) is 0 Å². The fourth-order valence-corrected chi connectivity index (χ4v) is 3.84. The number of nitrogens with zero attached hydrogens (tertiary/aromatic N) is 1. The first-order chi connectivity index (χ1) is 13.1. The summed E-state index contributed by atoms with van der Waals surface area (Å²) in [6.07, 6.45) is 1.86. The van der Waals surface area contributed by atoms with Crippen molar-refractivity contribution in [3.63, 3.8) is 0 Å². The second kappa shape index (κ2) is 7.45. The number of nitrogens with one attached hydrogen (secondary N) is 2. The van der Waals surface area contributed by atoms with Crippen LogP contribution in [0.1, 0.15) is 15.9 Å². The second-order valence-electron chi connectivity index (χ2n) is 7.29. The van der Waals surface area contributed by atoms with Gasteiger partial charge in [0.15, 0.2) is 0 Å². The molecule has 1 saturated heterocycles. The molecule has 2 aromatic carbocycles. The van der Waals surface area contributed by atoms with Crippen LogP contribution < -0.4 is 14.5 Å². The van der Waals surface area contributed by atoms with Gasteiger partial charge in [-0.25, -0.2) is 0 Å². The van der Waals surface area contributed by atoms with Crippen molar-refractivity contribution < 1.29 is 14.4 Å². The number of aryl methyl sites for hydroxylation is 1. The number of ether oxygens (including phenoxy) is 1. The summed E-state index contributed by atoms with van der Waals surface area (Å²) in [7, 11) is 1.68. The molecule has 2 N–H and O–H groups in total. The molecule has 0 saturated carbocycles. The topological polar surface area (TPSA) is 49.8 Å². The average molecular weight is 364 g/mol. The van der Waals surface area contributed by atoms with E-state index < -0.39 is 0 Å². The number of ketones is 1. The molecule has 1 aliphatic rings. The Balaban J connectivity index is 1.38. The Hall–Kier alpha value is -2.79. The lowest BCUT2D eigenvalue weighted by molar-refractivity contribution is -0.892. The Morgan fingerprint density at radius 2 is 1.89 bits per heavy atom. The Labute approximate surface area is 159 Å². The summed E-state index contributed by atoms with van der Waals surface area (Å²) >= 11 is 0. The SMILES string of the molecule is COc1ccc(N2CC[NH+](CC(=O)c3c[nH]c4ccc(C)cc34)CC2)cc1. The van der Waals surface area contributed by atoms with Gasteiger partial charge in [-0.2, -0.15) is 0 Å². The summed E-state index contributed by atoms with van der Waals surface area (Å²) in [4.78, 5) is 19.8. The van der Waals surface area contributed by atoms with E-state index in [-0.39, 0.29) is 5.78 Å². The molecule has 0 aliphatic carbocycles. The molecular formula is C22H26N3O2+. The second-order valence-corrected chi connectivity index (χ2v) is 7.29. The molecule has 4 rings (SSSR count). The molecule has 5 nitrogen and oxygen atoms in total. The van der Waals surface area contributed by atoms with Crippen LogP contribution in [0.5, 0.6) is 5.75 Å². The third-order valence-electron chi connectivity index (χ3n) is 5.46. The first-order valence-corrected chi connectivity index (χ1v) is 9.47.